The third-order valence-corrected chi connectivity index (χ3v) is 3.50. The van der Waals surface area contributed by atoms with E-state index in [1.807, 2.05) is 6.07 Å². The van der Waals surface area contributed by atoms with Crippen LogP contribution in [0.2, 0.25) is 0 Å². The van der Waals surface area contributed by atoms with E-state index < -0.39 is 0 Å². The van der Waals surface area contributed by atoms with E-state index in [4.69, 9.17) is 15.2 Å². The maximum atomic E-state index is 11.7. The molecule has 0 amide bonds. The predicted molar refractivity (Wildman–Crippen MR) is 74.2 cm³/mol. The molecule has 1 aliphatic heterocycles. The zero-order valence-electron chi connectivity index (χ0n) is 11.3. The second-order valence-corrected chi connectivity index (χ2v) is 4.85. The van der Waals surface area contributed by atoms with E-state index in [9.17, 15) is 4.79 Å². The number of nitrogen functional groups attached to an aromatic ring is 1. The second-order valence-electron chi connectivity index (χ2n) is 4.85. The van der Waals surface area contributed by atoms with Crippen molar-refractivity contribution in [1.82, 2.24) is 0 Å². The summed E-state index contributed by atoms with van der Waals surface area (Å²) < 4.78 is 10.2. The summed E-state index contributed by atoms with van der Waals surface area (Å²) in [5.74, 6) is 0.0766. The summed E-state index contributed by atoms with van der Waals surface area (Å²) >= 11 is 0. The first-order valence-corrected chi connectivity index (χ1v) is 6.44. The fourth-order valence-electron chi connectivity index (χ4n) is 2.28. The van der Waals surface area contributed by atoms with Gasteiger partial charge >= 0.3 is 5.97 Å². The largest absolute Gasteiger partial charge is 0.465 e. The van der Waals surface area contributed by atoms with Crippen molar-refractivity contribution in [3.63, 3.8) is 0 Å². The summed E-state index contributed by atoms with van der Waals surface area (Å²) in [6, 6.07) is 5.45. The van der Waals surface area contributed by atoms with Gasteiger partial charge in [0.15, 0.2) is 0 Å². The number of anilines is 2. The quantitative estimate of drug-likeness (QED) is 0.641. The van der Waals surface area contributed by atoms with Gasteiger partial charge in [0.25, 0.3) is 0 Å². The van der Waals surface area contributed by atoms with Crippen LogP contribution in [-0.4, -0.2) is 32.3 Å². The molecule has 104 valence electrons. The highest BCUT2D eigenvalue weighted by molar-refractivity contribution is 5.96. The summed E-state index contributed by atoms with van der Waals surface area (Å²) in [4.78, 5) is 11.7. The predicted octanol–water partition coefficient (Wildman–Crippen LogP) is 1.89. The minimum Gasteiger partial charge on any atom is -0.465 e. The molecule has 1 aromatic carbocycles. The summed E-state index contributed by atoms with van der Waals surface area (Å²) in [6.45, 7) is 3.66. The van der Waals surface area contributed by atoms with Crippen LogP contribution in [0, 0.1) is 5.92 Å². The van der Waals surface area contributed by atoms with Crippen molar-refractivity contribution in [3.8, 4) is 0 Å². The number of carbonyl (C=O) groups is 1. The molecule has 0 bridgehead atoms. The van der Waals surface area contributed by atoms with Gasteiger partial charge in [-0.05, 0) is 31.5 Å². The Hall–Kier alpha value is -1.75. The highest BCUT2D eigenvalue weighted by Gasteiger charge is 2.23. The van der Waals surface area contributed by atoms with Crippen molar-refractivity contribution in [2.24, 2.45) is 5.92 Å². The van der Waals surface area contributed by atoms with Crippen LogP contribution < -0.4 is 11.1 Å². The summed E-state index contributed by atoms with van der Waals surface area (Å²) in [5, 5.41) is 3.36. The molecule has 1 aliphatic rings. The Bertz CT molecular complexity index is 456. The van der Waals surface area contributed by atoms with E-state index >= 15 is 0 Å². The number of carbonyl (C=O) groups excluding carboxylic acids is 1. The van der Waals surface area contributed by atoms with Crippen molar-refractivity contribution in [2.75, 3.05) is 31.4 Å². The van der Waals surface area contributed by atoms with Crippen LogP contribution >= 0.6 is 0 Å². The van der Waals surface area contributed by atoms with Gasteiger partial charge in [-0.15, -0.1) is 0 Å². The van der Waals surface area contributed by atoms with Crippen molar-refractivity contribution >= 4 is 17.3 Å². The van der Waals surface area contributed by atoms with Gasteiger partial charge in [0, 0.05) is 29.9 Å². The maximum Gasteiger partial charge on any atom is 0.340 e. The van der Waals surface area contributed by atoms with Crippen LogP contribution in [-0.2, 0) is 9.47 Å². The Labute approximate surface area is 113 Å². The van der Waals surface area contributed by atoms with Crippen molar-refractivity contribution in [1.29, 1.82) is 0 Å². The number of methoxy groups -OCH3 is 1. The van der Waals surface area contributed by atoms with E-state index in [1.54, 1.807) is 12.1 Å². The molecule has 2 unspecified atom stereocenters. The lowest BCUT2D eigenvalue weighted by Gasteiger charge is -2.22. The lowest BCUT2D eigenvalue weighted by atomic mass is 10.00. The van der Waals surface area contributed by atoms with Crippen LogP contribution in [0.4, 0.5) is 11.4 Å². The Morgan fingerprint density at radius 2 is 2.37 bits per heavy atom. The smallest absolute Gasteiger partial charge is 0.340 e. The molecule has 0 saturated carbocycles. The molecule has 19 heavy (non-hydrogen) atoms. The van der Waals surface area contributed by atoms with Gasteiger partial charge in [-0.3, -0.25) is 0 Å². The number of ether oxygens (including phenoxy) is 2. The minimum atomic E-state index is -0.385. The number of esters is 1. The van der Waals surface area contributed by atoms with E-state index in [0.717, 1.165) is 25.3 Å². The molecule has 1 heterocycles. The van der Waals surface area contributed by atoms with Gasteiger partial charge < -0.3 is 20.5 Å². The highest BCUT2D eigenvalue weighted by atomic mass is 16.5. The lowest BCUT2D eigenvalue weighted by molar-refractivity contribution is 0.0602. The Balaban J connectivity index is 2.16. The van der Waals surface area contributed by atoms with Crippen molar-refractivity contribution < 1.29 is 14.3 Å². The number of rotatable bonds is 4. The molecule has 1 fully saturated rings. The third-order valence-electron chi connectivity index (χ3n) is 3.50. The summed E-state index contributed by atoms with van der Waals surface area (Å²) in [5.41, 5.74) is 7.48. The lowest BCUT2D eigenvalue weighted by Crippen LogP contribution is -2.27. The SMILES string of the molecule is COC(=O)c1cc(N)ccc1NC(C)C1CCOC1. The van der Waals surface area contributed by atoms with E-state index in [-0.39, 0.29) is 12.0 Å². The molecule has 1 saturated heterocycles. The first kappa shape index (κ1) is 13.7. The van der Waals surface area contributed by atoms with E-state index in [2.05, 4.69) is 12.2 Å². The number of nitrogens with two attached hydrogens (primary N) is 1. The molecule has 0 aromatic heterocycles. The van der Waals surface area contributed by atoms with Crippen LogP contribution in [0.1, 0.15) is 23.7 Å². The van der Waals surface area contributed by atoms with Crippen molar-refractivity contribution in [3.05, 3.63) is 23.8 Å². The van der Waals surface area contributed by atoms with Crippen LogP contribution in [0.3, 0.4) is 0 Å². The van der Waals surface area contributed by atoms with Crippen LogP contribution in [0.25, 0.3) is 0 Å². The number of benzene rings is 1. The van der Waals surface area contributed by atoms with Crippen LogP contribution in [0.5, 0.6) is 0 Å². The monoisotopic (exact) mass is 264 g/mol. The van der Waals surface area contributed by atoms with Gasteiger partial charge in [-0.2, -0.15) is 0 Å². The molecule has 5 nitrogen and oxygen atoms in total. The van der Waals surface area contributed by atoms with Gasteiger partial charge in [-0.25, -0.2) is 4.79 Å². The molecule has 2 atom stereocenters. The third kappa shape index (κ3) is 3.17. The van der Waals surface area contributed by atoms with Gasteiger partial charge in [0.05, 0.1) is 19.3 Å². The average molecular weight is 264 g/mol. The topological polar surface area (TPSA) is 73.6 Å². The zero-order valence-corrected chi connectivity index (χ0v) is 11.3. The van der Waals surface area contributed by atoms with Crippen LogP contribution in [0.15, 0.2) is 18.2 Å². The Morgan fingerprint density at radius 3 is 3.00 bits per heavy atom. The second kappa shape index (κ2) is 5.93. The molecular formula is C14H20N2O3. The van der Waals surface area contributed by atoms with E-state index in [1.165, 1.54) is 7.11 Å². The normalized spacial score (nSPS) is 20.0. The fraction of sp³-hybridized carbons (Fsp3) is 0.500. The molecule has 0 radical (unpaired) electrons. The number of hydrogen-bond donors (Lipinski definition) is 2. The maximum absolute atomic E-state index is 11.7. The zero-order chi connectivity index (χ0) is 13.8. The first-order valence-electron chi connectivity index (χ1n) is 6.44. The standard InChI is InChI=1S/C14H20N2O3/c1-9(10-5-6-19-8-10)16-13-4-3-11(15)7-12(13)14(17)18-2/h3-4,7,9-10,16H,5-6,8,15H2,1-2H3. The molecule has 3 N–H and O–H groups in total. The molecular weight excluding hydrogens is 244 g/mol. The molecule has 1 aromatic rings. The molecule has 0 aliphatic carbocycles. The number of nitrogens with one attached hydrogen (secondary N) is 1. The Kier molecular flexibility index (Phi) is 4.27. The van der Waals surface area contributed by atoms with Crippen molar-refractivity contribution in [2.45, 2.75) is 19.4 Å². The average Bonchev–Trinajstić information content (AvgIpc) is 2.94. The molecule has 0 spiro atoms. The molecule has 5 heteroatoms. The first-order chi connectivity index (χ1) is 9.11. The Morgan fingerprint density at radius 1 is 1.58 bits per heavy atom. The van der Waals surface area contributed by atoms with E-state index in [0.29, 0.717) is 17.2 Å². The summed E-state index contributed by atoms with van der Waals surface area (Å²) in [7, 11) is 1.36. The van der Waals surface area contributed by atoms with Gasteiger partial charge in [0.2, 0.25) is 0 Å². The summed E-state index contributed by atoms with van der Waals surface area (Å²) in [6.07, 6.45) is 1.04. The number of hydrogen-bond acceptors (Lipinski definition) is 5. The molecule has 2 rings (SSSR count). The minimum absolute atomic E-state index is 0.231. The van der Waals surface area contributed by atoms with Gasteiger partial charge in [0.1, 0.15) is 0 Å². The fourth-order valence-corrected chi connectivity index (χ4v) is 2.28. The van der Waals surface area contributed by atoms with Gasteiger partial charge in [-0.1, -0.05) is 0 Å². The highest BCUT2D eigenvalue weighted by Crippen LogP contribution is 2.24.